The second-order valence-electron chi connectivity index (χ2n) is 4.78. The lowest BCUT2D eigenvalue weighted by Gasteiger charge is -2.14. The second-order valence-corrected chi connectivity index (χ2v) is 6.93. The average Bonchev–Trinajstić information content (AvgIpc) is 2.94. The van der Waals surface area contributed by atoms with Crippen molar-refractivity contribution in [3.05, 3.63) is 47.5 Å². The van der Waals surface area contributed by atoms with Crippen molar-refractivity contribution >= 4 is 44.4 Å². The Morgan fingerprint density at radius 1 is 1.17 bits per heavy atom. The van der Waals surface area contributed by atoms with E-state index in [2.05, 4.69) is 13.5 Å². The number of anilines is 1. The highest BCUT2D eigenvalue weighted by atomic mass is 32.2. The van der Waals surface area contributed by atoms with Gasteiger partial charge in [-0.3, -0.25) is 4.72 Å². The van der Waals surface area contributed by atoms with Crippen LogP contribution in [0.1, 0.15) is 15.9 Å². The number of sulfonamides is 1. The van der Waals surface area contributed by atoms with Crippen molar-refractivity contribution in [3.63, 3.8) is 0 Å². The third-order valence-electron chi connectivity index (χ3n) is 3.24. The number of carbonyl (C=O) groups is 1. The summed E-state index contributed by atoms with van der Waals surface area (Å²) in [4.78, 5) is 11.1. The van der Waals surface area contributed by atoms with Gasteiger partial charge < -0.3 is 9.90 Å². The lowest BCUT2D eigenvalue weighted by atomic mass is 10.2. The van der Waals surface area contributed by atoms with Gasteiger partial charge >= 0.3 is 0 Å². The minimum Gasteiger partial charge on any atom is -0.545 e. The van der Waals surface area contributed by atoms with Crippen molar-refractivity contribution in [1.29, 1.82) is 0 Å². The van der Waals surface area contributed by atoms with Crippen molar-refractivity contribution in [3.8, 4) is 0 Å². The normalized spacial score (nSPS) is 11.5. The predicted octanol–water partition coefficient (Wildman–Crippen LogP) is 1.16. The molecule has 0 aliphatic rings. The molecule has 0 unspecified atom stereocenters. The monoisotopic (exact) mass is 348 g/mol. The molecule has 1 heterocycles. The summed E-state index contributed by atoms with van der Waals surface area (Å²) < 4.78 is 35.8. The molecule has 9 heteroatoms. The van der Waals surface area contributed by atoms with Crippen LogP contribution in [-0.2, 0) is 10.0 Å². The Balaban J connectivity index is 2.14. The van der Waals surface area contributed by atoms with Gasteiger partial charge in [0.1, 0.15) is 15.9 Å². The Kier molecular flexibility index (Phi) is 3.74. The van der Waals surface area contributed by atoms with Crippen LogP contribution in [0.3, 0.4) is 0 Å². The van der Waals surface area contributed by atoms with E-state index in [1.54, 1.807) is 19.1 Å². The summed E-state index contributed by atoms with van der Waals surface area (Å²) in [6.45, 7) is 1.64. The molecule has 0 radical (unpaired) electrons. The molecule has 23 heavy (non-hydrogen) atoms. The highest BCUT2D eigenvalue weighted by Crippen LogP contribution is 2.27. The Labute approximate surface area is 136 Å². The molecule has 0 atom stereocenters. The maximum absolute atomic E-state index is 12.7. The van der Waals surface area contributed by atoms with E-state index >= 15 is 0 Å². The van der Waals surface area contributed by atoms with Crippen molar-refractivity contribution in [2.24, 2.45) is 0 Å². The Morgan fingerprint density at radius 2 is 1.91 bits per heavy atom. The van der Waals surface area contributed by atoms with Gasteiger partial charge in [-0.25, -0.2) is 8.42 Å². The molecule has 1 N–H and O–H groups in total. The number of aryl methyl sites for hydroxylation is 1. The summed E-state index contributed by atoms with van der Waals surface area (Å²) in [6.07, 6.45) is 0. The number of para-hydroxylation sites is 1. The van der Waals surface area contributed by atoms with E-state index in [1.165, 1.54) is 24.3 Å². The van der Waals surface area contributed by atoms with Crippen LogP contribution in [0.4, 0.5) is 5.69 Å². The van der Waals surface area contributed by atoms with Crippen molar-refractivity contribution in [1.82, 2.24) is 8.75 Å². The van der Waals surface area contributed by atoms with Gasteiger partial charge in [-0.2, -0.15) is 8.75 Å². The van der Waals surface area contributed by atoms with Gasteiger partial charge in [-0.05, 0) is 24.6 Å². The fourth-order valence-corrected chi connectivity index (χ4v) is 4.28. The van der Waals surface area contributed by atoms with Gasteiger partial charge in [0.25, 0.3) is 10.0 Å². The van der Waals surface area contributed by atoms with Crippen LogP contribution < -0.4 is 9.83 Å². The molecule has 3 aromatic rings. The summed E-state index contributed by atoms with van der Waals surface area (Å²) >= 11 is 0.910. The second kappa shape index (κ2) is 5.60. The van der Waals surface area contributed by atoms with E-state index in [9.17, 15) is 18.3 Å². The highest BCUT2D eigenvalue weighted by Gasteiger charge is 2.23. The van der Waals surface area contributed by atoms with Gasteiger partial charge in [0.05, 0.1) is 23.4 Å². The van der Waals surface area contributed by atoms with Crippen LogP contribution in [-0.4, -0.2) is 23.1 Å². The molecular formula is C14H10N3O4S2-. The number of carbonyl (C=O) groups excluding carboxylic acids is 1. The van der Waals surface area contributed by atoms with Gasteiger partial charge in [0.2, 0.25) is 0 Å². The average molecular weight is 348 g/mol. The molecule has 0 saturated carbocycles. The minimum absolute atomic E-state index is 0.0168. The highest BCUT2D eigenvalue weighted by molar-refractivity contribution is 7.93. The molecule has 0 fully saturated rings. The number of nitrogens with one attached hydrogen (secondary N) is 1. The third-order valence-corrected chi connectivity index (χ3v) is 5.32. The van der Waals surface area contributed by atoms with Crippen molar-refractivity contribution < 1.29 is 18.3 Å². The van der Waals surface area contributed by atoms with Crippen LogP contribution >= 0.6 is 11.7 Å². The number of aromatic carboxylic acids is 1. The van der Waals surface area contributed by atoms with Gasteiger partial charge in [0.15, 0.2) is 0 Å². The first-order valence-corrected chi connectivity index (χ1v) is 8.66. The largest absolute Gasteiger partial charge is 0.545 e. The summed E-state index contributed by atoms with van der Waals surface area (Å²) in [7, 11) is -4.03. The first-order valence-electron chi connectivity index (χ1n) is 6.45. The fraction of sp³-hybridized carbons (Fsp3) is 0.0714. The molecule has 0 spiro atoms. The first-order chi connectivity index (χ1) is 10.9. The number of hydrogen-bond donors (Lipinski definition) is 1. The lowest BCUT2D eigenvalue weighted by Crippen LogP contribution is -2.25. The molecule has 1 aromatic heterocycles. The summed E-state index contributed by atoms with van der Waals surface area (Å²) in [6, 6.07) is 8.95. The van der Waals surface area contributed by atoms with Gasteiger partial charge in [-0.1, -0.05) is 24.3 Å². The van der Waals surface area contributed by atoms with Gasteiger partial charge in [0, 0.05) is 5.56 Å². The van der Waals surface area contributed by atoms with Crippen molar-refractivity contribution in [2.45, 2.75) is 11.8 Å². The SMILES string of the molecule is Cc1ccc2nsnc2c1S(=O)(=O)Nc1ccccc1C(=O)[O-]. The summed E-state index contributed by atoms with van der Waals surface area (Å²) in [5.74, 6) is -1.46. The fourth-order valence-electron chi connectivity index (χ4n) is 2.21. The number of fused-ring (bicyclic) bond motifs is 1. The molecule has 0 aliphatic heterocycles. The number of aromatic nitrogens is 2. The predicted molar refractivity (Wildman–Crippen MR) is 83.7 cm³/mol. The van der Waals surface area contributed by atoms with Crippen LogP contribution in [0.15, 0.2) is 41.3 Å². The molecular weight excluding hydrogens is 338 g/mol. The Hall–Kier alpha value is -2.52. The lowest BCUT2D eigenvalue weighted by molar-refractivity contribution is -0.254. The van der Waals surface area contributed by atoms with E-state index in [0.717, 1.165) is 11.7 Å². The molecule has 0 amide bonds. The zero-order valence-electron chi connectivity index (χ0n) is 11.8. The zero-order valence-corrected chi connectivity index (χ0v) is 13.4. The summed E-state index contributed by atoms with van der Waals surface area (Å²) in [5, 5.41) is 11.1. The number of benzene rings is 2. The number of nitrogens with zero attached hydrogens (tertiary/aromatic N) is 2. The Morgan fingerprint density at radius 3 is 2.65 bits per heavy atom. The zero-order chi connectivity index (χ0) is 16.6. The summed E-state index contributed by atoms with van der Waals surface area (Å²) in [5.41, 5.74) is 0.913. The van der Waals surface area contributed by atoms with E-state index in [1.807, 2.05) is 0 Å². The minimum atomic E-state index is -4.03. The molecule has 2 aromatic carbocycles. The van der Waals surface area contributed by atoms with Crippen molar-refractivity contribution in [2.75, 3.05) is 4.72 Å². The van der Waals surface area contributed by atoms with E-state index in [-0.39, 0.29) is 21.7 Å². The number of carboxylic acid groups (broad SMARTS) is 1. The van der Waals surface area contributed by atoms with E-state index < -0.39 is 16.0 Å². The van der Waals surface area contributed by atoms with Crippen LogP contribution in [0, 0.1) is 6.92 Å². The molecule has 0 aliphatic carbocycles. The topological polar surface area (TPSA) is 112 Å². The maximum Gasteiger partial charge on any atom is 0.264 e. The first kappa shape index (κ1) is 15.4. The smallest absolute Gasteiger partial charge is 0.264 e. The van der Waals surface area contributed by atoms with Crippen LogP contribution in [0.5, 0.6) is 0 Å². The number of rotatable bonds is 4. The third kappa shape index (κ3) is 2.76. The number of hydrogen-bond acceptors (Lipinski definition) is 7. The molecule has 118 valence electrons. The molecule has 0 bridgehead atoms. The Bertz CT molecular complexity index is 1010. The van der Waals surface area contributed by atoms with E-state index in [4.69, 9.17) is 0 Å². The van der Waals surface area contributed by atoms with Crippen LogP contribution in [0.25, 0.3) is 11.0 Å². The number of carboxylic acids is 1. The molecule has 0 saturated heterocycles. The standard InChI is InChI=1S/C14H11N3O4S2/c1-8-6-7-11-12(16-22-15-11)13(8)23(20,21)17-10-5-3-2-4-9(10)14(18)19/h2-7,17H,1H3,(H,18,19)/p-1. The molecule has 3 rings (SSSR count). The van der Waals surface area contributed by atoms with Crippen LogP contribution in [0.2, 0.25) is 0 Å². The quantitative estimate of drug-likeness (QED) is 0.757. The van der Waals surface area contributed by atoms with E-state index in [0.29, 0.717) is 11.1 Å². The maximum atomic E-state index is 12.7. The van der Waals surface area contributed by atoms with Gasteiger partial charge in [-0.15, -0.1) is 0 Å². The molecule has 7 nitrogen and oxygen atoms in total.